The molecule has 1 N–H and O–H groups in total. The van der Waals surface area contributed by atoms with Crippen LogP contribution in [0.25, 0.3) is 0 Å². The van der Waals surface area contributed by atoms with Crippen LogP contribution >= 0.6 is 27.5 Å². The number of hydrogen-bond acceptors (Lipinski definition) is 3. The van der Waals surface area contributed by atoms with Gasteiger partial charge in [0.1, 0.15) is 0 Å². The maximum Gasteiger partial charge on any atom is 0.241 e. The Morgan fingerprint density at radius 1 is 1.50 bits per heavy atom. The lowest BCUT2D eigenvalue weighted by atomic mass is 10.0. The molecule has 1 heterocycles. The van der Waals surface area contributed by atoms with Crippen LogP contribution in [-0.2, 0) is 14.8 Å². The molecule has 0 bridgehead atoms. The zero-order valence-corrected chi connectivity index (χ0v) is 12.9. The van der Waals surface area contributed by atoms with E-state index in [4.69, 9.17) is 16.3 Å². The summed E-state index contributed by atoms with van der Waals surface area (Å²) in [5.74, 6) is 0. The normalized spacial score (nSPS) is 24.4. The fourth-order valence-electron chi connectivity index (χ4n) is 1.77. The summed E-state index contributed by atoms with van der Waals surface area (Å²) in [6.07, 6.45) is 0.668. The number of benzene rings is 1. The van der Waals surface area contributed by atoms with Crippen molar-refractivity contribution in [1.29, 1.82) is 0 Å². The van der Waals surface area contributed by atoms with Gasteiger partial charge in [-0.3, -0.25) is 0 Å². The van der Waals surface area contributed by atoms with Gasteiger partial charge in [-0.05, 0) is 47.5 Å². The van der Waals surface area contributed by atoms with Crippen molar-refractivity contribution in [2.75, 3.05) is 13.2 Å². The Bertz CT molecular complexity index is 555. The van der Waals surface area contributed by atoms with E-state index in [2.05, 4.69) is 20.7 Å². The fourth-order valence-corrected chi connectivity index (χ4v) is 3.87. The van der Waals surface area contributed by atoms with Crippen molar-refractivity contribution in [2.45, 2.75) is 23.8 Å². The molecule has 1 atom stereocenters. The standard InChI is InChI=1S/C11H13BrClNO3S/c1-11(4-5-17-7-11)14-18(15,16)8-2-3-10(13)9(12)6-8/h2-3,6,14H,4-5,7H2,1H3. The van der Waals surface area contributed by atoms with Crippen LogP contribution in [-0.4, -0.2) is 27.2 Å². The van der Waals surface area contributed by atoms with Crippen LogP contribution in [0.1, 0.15) is 13.3 Å². The Hall–Kier alpha value is -0.140. The van der Waals surface area contributed by atoms with Crippen molar-refractivity contribution in [2.24, 2.45) is 0 Å². The molecular formula is C11H13BrClNO3S. The van der Waals surface area contributed by atoms with Gasteiger partial charge in [-0.1, -0.05) is 11.6 Å². The van der Waals surface area contributed by atoms with E-state index >= 15 is 0 Å². The molecule has 0 amide bonds. The predicted octanol–water partition coefficient (Wildman–Crippen LogP) is 2.56. The van der Waals surface area contributed by atoms with E-state index in [0.29, 0.717) is 29.1 Å². The molecule has 0 saturated carbocycles. The molecule has 0 aromatic heterocycles. The highest BCUT2D eigenvalue weighted by Crippen LogP contribution is 2.27. The van der Waals surface area contributed by atoms with E-state index in [1.54, 1.807) is 6.07 Å². The number of hydrogen-bond donors (Lipinski definition) is 1. The Morgan fingerprint density at radius 2 is 2.22 bits per heavy atom. The van der Waals surface area contributed by atoms with Crippen LogP contribution < -0.4 is 4.72 Å². The lowest BCUT2D eigenvalue weighted by Gasteiger charge is -2.23. The Morgan fingerprint density at radius 3 is 2.78 bits per heavy atom. The molecule has 100 valence electrons. The molecule has 1 saturated heterocycles. The minimum atomic E-state index is -3.56. The lowest BCUT2D eigenvalue weighted by Crippen LogP contribution is -2.46. The highest BCUT2D eigenvalue weighted by molar-refractivity contribution is 9.10. The topological polar surface area (TPSA) is 55.4 Å². The molecule has 1 aromatic rings. The van der Waals surface area contributed by atoms with Crippen molar-refractivity contribution in [1.82, 2.24) is 4.72 Å². The Kier molecular flexibility index (Phi) is 4.04. The number of rotatable bonds is 3. The first-order valence-corrected chi connectivity index (χ1v) is 8.05. The summed E-state index contributed by atoms with van der Waals surface area (Å²) in [4.78, 5) is 0.187. The van der Waals surface area contributed by atoms with Crippen molar-refractivity contribution in [3.05, 3.63) is 27.7 Å². The SMILES string of the molecule is CC1(NS(=O)(=O)c2ccc(Cl)c(Br)c2)CCOC1. The number of ether oxygens (including phenoxy) is 1. The maximum absolute atomic E-state index is 12.2. The highest BCUT2D eigenvalue weighted by atomic mass is 79.9. The monoisotopic (exact) mass is 353 g/mol. The van der Waals surface area contributed by atoms with Crippen LogP contribution in [0.3, 0.4) is 0 Å². The molecule has 1 aliphatic heterocycles. The molecular weight excluding hydrogens is 342 g/mol. The second-order valence-corrected chi connectivity index (χ2v) is 7.49. The van der Waals surface area contributed by atoms with Gasteiger partial charge in [-0.15, -0.1) is 0 Å². The quantitative estimate of drug-likeness (QED) is 0.907. The molecule has 0 spiro atoms. The van der Waals surface area contributed by atoms with Gasteiger partial charge in [0.15, 0.2) is 0 Å². The van der Waals surface area contributed by atoms with Gasteiger partial charge < -0.3 is 4.74 Å². The van der Waals surface area contributed by atoms with Gasteiger partial charge in [-0.2, -0.15) is 0 Å². The van der Waals surface area contributed by atoms with Crippen LogP contribution in [0, 0.1) is 0 Å². The average Bonchev–Trinajstić information content (AvgIpc) is 2.67. The highest BCUT2D eigenvalue weighted by Gasteiger charge is 2.34. The Balaban J connectivity index is 2.27. The summed E-state index contributed by atoms with van der Waals surface area (Å²) in [6, 6.07) is 4.52. The van der Waals surface area contributed by atoms with E-state index in [1.165, 1.54) is 12.1 Å². The molecule has 2 rings (SSSR count). The second-order valence-electron chi connectivity index (χ2n) is 4.54. The van der Waals surface area contributed by atoms with E-state index in [1.807, 2.05) is 6.92 Å². The smallest absolute Gasteiger partial charge is 0.241 e. The van der Waals surface area contributed by atoms with Gasteiger partial charge >= 0.3 is 0 Å². The maximum atomic E-state index is 12.2. The third-order valence-electron chi connectivity index (χ3n) is 2.80. The van der Waals surface area contributed by atoms with E-state index < -0.39 is 15.6 Å². The van der Waals surface area contributed by atoms with Crippen LogP contribution in [0.2, 0.25) is 5.02 Å². The van der Waals surface area contributed by atoms with Gasteiger partial charge in [0, 0.05) is 11.1 Å². The number of nitrogens with one attached hydrogen (secondary N) is 1. The van der Waals surface area contributed by atoms with Gasteiger partial charge in [-0.25, -0.2) is 13.1 Å². The lowest BCUT2D eigenvalue weighted by molar-refractivity contribution is 0.178. The summed E-state index contributed by atoms with van der Waals surface area (Å²) in [5.41, 5.74) is -0.537. The Labute approximate surface area is 120 Å². The summed E-state index contributed by atoms with van der Waals surface area (Å²) >= 11 is 9.06. The first-order valence-electron chi connectivity index (χ1n) is 5.39. The molecule has 7 heteroatoms. The molecule has 0 aliphatic carbocycles. The molecule has 0 radical (unpaired) electrons. The summed E-state index contributed by atoms with van der Waals surface area (Å²) in [6.45, 7) is 2.80. The predicted molar refractivity (Wildman–Crippen MR) is 73.3 cm³/mol. The minimum Gasteiger partial charge on any atom is -0.379 e. The van der Waals surface area contributed by atoms with Crippen molar-refractivity contribution in [3.63, 3.8) is 0 Å². The van der Waals surface area contributed by atoms with Crippen molar-refractivity contribution < 1.29 is 13.2 Å². The van der Waals surface area contributed by atoms with Gasteiger partial charge in [0.25, 0.3) is 0 Å². The first-order chi connectivity index (χ1) is 8.32. The first kappa shape index (κ1) is 14.3. The summed E-state index contributed by atoms with van der Waals surface area (Å²) in [5, 5.41) is 0.476. The van der Waals surface area contributed by atoms with Crippen molar-refractivity contribution >= 4 is 37.6 Å². The van der Waals surface area contributed by atoms with Gasteiger partial charge in [0.2, 0.25) is 10.0 Å². The molecule has 18 heavy (non-hydrogen) atoms. The molecule has 1 aliphatic rings. The number of sulfonamides is 1. The fraction of sp³-hybridized carbons (Fsp3) is 0.455. The van der Waals surface area contributed by atoms with E-state index in [9.17, 15) is 8.42 Å². The van der Waals surface area contributed by atoms with E-state index in [-0.39, 0.29) is 4.90 Å². The van der Waals surface area contributed by atoms with Crippen LogP contribution in [0.5, 0.6) is 0 Å². The molecule has 1 aromatic carbocycles. The van der Waals surface area contributed by atoms with Crippen LogP contribution in [0.4, 0.5) is 0 Å². The van der Waals surface area contributed by atoms with Crippen LogP contribution in [0.15, 0.2) is 27.6 Å². The summed E-state index contributed by atoms with van der Waals surface area (Å²) in [7, 11) is -3.56. The summed E-state index contributed by atoms with van der Waals surface area (Å²) < 4.78 is 32.9. The largest absolute Gasteiger partial charge is 0.379 e. The second kappa shape index (κ2) is 5.09. The molecule has 4 nitrogen and oxygen atoms in total. The third kappa shape index (κ3) is 3.05. The third-order valence-corrected chi connectivity index (χ3v) is 5.65. The molecule has 1 fully saturated rings. The zero-order valence-electron chi connectivity index (χ0n) is 9.74. The zero-order chi connectivity index (χ0) is 13.4. The average molecular weight is 355 g/mol. The number of halogens is 2. The van der Waals surface area contributed by atoms with E-state index in [0.717, 1.165) is 0 Å². The molecule has 1 unspecified atom stereocenters. The van der Waals surface area contributed by atoms with Crippen molar-refractivity contribution in [3.8, 4) is 0 Å². The van der Waals surface area contributed by atoms with Gasteiger partial charge in [0.05, 0.1) is 22.1 Å². The minimum absolute atomic E-state index is 0.187.